The number of methoxy groups -OCH3 is 1. The van der Waals surface area contributed by atoms with Gasteiger partial charge in [-0.25, -0.2) is 8.42 Å². The van der Waals surface area contributed by atoms with E-state index < -0.39 is 21.5 Å². The first kappa shape index (κ1) is 18.7. The van der Waals surface area contributed by atoms with Gasteiger partial charge in [0, 0.05) is 5.56 Å². The summed E-state index contributed by atoms with van der Waals surface area (Å²) in [5, 5.41) is 11.9. The van der Waals surface area contributed by atoms with E-state index in [1.165, 1.54) is 31.4 Å². The predicted molar refractivity (Wildman–Crippen MR) is 99.9 cm³/mol. The molecule has 0 spiro atoms. The zero-order chi connectivity index (χ0) is 19.5. The van der Waals surface area contributed by atoms with Gasteiger partial charge in [0.2, 0.25) is 0 Å². The molecule has 7 nitrogen and oxygen atoms in total. The van der Waals surface area contributed by atoms with Crippen LogP contribution < -0.4 is 14.8 Å². The van der Waals surface area contributed by atoms with Crippen LogP contribution in [0.15, 0.2) is 53.4 Å². The summed E-state index contributed by atoms with van der Waals surface area (Å²) in [5.74, 6) is 0.0114. The van der Waals surface area contributed by atoms with Crippen LogP contribution in [0.25, 0.3) is 0 Å². The Bertz CT molecular complexity index is 990. The predicted octanol–water partition coefficient (Wildman–Crippen LogP) is 2.67. The molecule has 8 heteroatoms. The number of anilines is 1. The largest absolute Gasteiger partial charge is 0.495 e. The van der Waals surface area contributed by atoms with E-state index in [-0.39, 0.29) is 4.90 Å². The van der Waals surface area contributed by atoms with Gasteiger partial charge in [0.25, 0.3) is 15.9 Å². The minimum Gasteiger partial charge on any atom is -0.495 e. The molecule has 0 radical (unpaired) electrons. The number of nitrogens with one attached hydrogen (secondary N) is 2. The first-order valence-corrected chi connectivity index (χ1v) is 9.87. The van der Waals surface area contributed by atoms with Gasteiger partial charge in [0.1, 0.15) is 11.3 Å². The fourth-order valence-electron chi connectivity index (χ4n) is 2.80. The number of nitrogens with zero attached hydrogens (tertiary/aromatic N) is 1. The number of rotatable bonds is 6. The van der Waals surface area contributed by atoms with Crippen molar-refractivity contribution in [2.45, 2.75) is 29.7 Å². The molecule has 0 unspecified atom stereocenters. The number of benzene rings is 2. The number of nitriles is 1. The van der Waals surface area contributed by atoms with Crippen molar-refractivity contribution in [2.75, 3.05) is 11.8 Å². The van der Waals surface area contributed by atoms with Crippen molar-refractivity contribution in [3.63, 3.8) is 0 Å². The number of ether oxygens (including phenoxy) is 1. The lowest BCUT2D eigenvalue weighted by Crippen LogP contribution is -2.52. The molecule has 1 saturated carbocycles. The van der Waals surface area contributed by atoms with E-state index in [2.05, 4.69) is 16.1 Å². The second kappa shape index (κ2) is 7.29. The Morgan fingerprint density at radius 2 is 1.81 bits per heavy atom. The van der Waals surface area contributed by atoms with Gasteiger partial charge < -0.3 is 10.1 Å². The quantitative estimate of drug-likeness (QED) is 0.795. The number of hydrogen-bond donors (Lipinski definition) is 2. The lowest BCUT2D eigenvalue weighted by atomic mass is 9.78. The standard InChI is InChI=1S/C19H19N3O4S/c1-26-17-6-3-2-5-16(17)22-27(24,25)15-9-7-14(8-10-15)18(23)21-19(13-20)11-4-12-19/h2-3,5-10,22H,4,11-12H2,1H3,(H,21,23). The number of amides is 1. The third-order valence-electron chi connectivity index (χ3n) is 4.55. The maximum atomic E-state index is 12.6. The Hall–Kier alpha value is -3.05. The van der Waals surface area contributed by atoms with Crippen molar-refractivity contribution < 1.29 is 17.9 Å². The fraction of sp³-hybridized carbons (Fsp3) is 0.263. The molecule has 0 saturated heterocycles. The van der Waals surface area contributed by atoms with E-state index in [0.717, 1.165) is 6.42 Å². The van der Waals surface area contributed by atoms with Gasteiger partial charge in [-0.1, -0.05) is 12.1 Å². The van der Waals surface area contributed by atoms with Gasteiger partial charge in [-0.15, -0.1) is 0 Å². The molecule has 2 aromatic carbocycles. The number of carbonyl (C=O) groups excluding carboxylic acids is 1. The molecule has 0 aliphatic heterocycles. The summed E-state index contributed by atoms with van der Waals surface area (Å²) >= 11 is 0. The number of para-hydroxylation sites is 2. The van der Waals surface area contributed by atoms with Crippen LogP contribution in [0.5, 0.6) is 5.75 Å². The van der Waals surface area contributed by atoms with Crippen LogP contribution in [-0.2, 0) is 10.0 Å². The Morgan fingerprint density at radius 1 is 1.15 bits per heavy atom. The smallest absolute Gasteiger partial charge is 0.262 e. The normalized spacial score (nSPS) is 15.1. The van der Waals surface area contributed by atoms with Crippen molar-refractivity contribution >= 4 is 21.6 Å². The molecule has 1 aliphatic carbocycles. The van der Waals surface area contributed by atoms with E-state index in [0.29, 0.717) is 29.8 Å². The van der Waals surface area contributed by atoms with Crippen molar-refractivity contribution in [1.29, 1.82) is 5.26 Å². The maximum absolute atomic E-state index is 12.6. The van der Waals surface area contributed by atoms with E-state index in [4.69, 9.17) is 4.74 Å². The third-order valence-corrected chi connectivity index (χ3v) is 5.93. The van der Waals surface area contributed by atoms with Crippen LogP contribution in [0.3, 0.4) is 0 Å². The van der Waals surface area contributed by atoms with Crippen LogP contribution >= 0.6 is 0 Å². The highest BCUT2D eigenvalue weighted by Gasteiger charge is 2.38. The first-order chi connectivity index (χ1) is 12.9. The second-order valence-corrected chi connectivity index (χ2v) is 8.01. The van der Waals surface area contributed by atoms with E-state index in [1.807, 2.05) is 0 Å². The maximum Gasteiger partial charge on any atom is 0.262 e. The molecule has 0 bridgehead atoms. The Balaban J connectivity index is 1.76. The molecule has 0 heterocycles. The fourth-order valence-corrected chi connectivity index (χ4v) is 3.87. The van der Waals surface area contributed by atoms with Crippen LogP contribution in [0, 0.1) is 11.3 Å². The van der Waals surface area contributed by atoms with Gasteiger partial charge in [0.05, 0.1) is 23.8 Å². The highest BCUT2D eigenvalue weighted by molar-refractivity contribution is 7.92. The van der Waals surface area contributed by atoms with Crippen LogP contribution in [0.1, 0.15) is 29.6 Å². The van der Waals surface area contributed by atoms with Gasteiger partial charge in [-0.2, -0.15) is 5.26 Å². The number of carbonyl (C=O) groups is 1. The first-order valence-electron chi connectivity index (χ1n) is 8.39. The summed E-state index contributed by atoms with van der Waals surface area (Å²) in [4.78, 5) is 12.3. The molecule has 2 aromatic rings. The molecular formula is C19H19N3O4S. The van der Waals surface area contributed by atoms with Crippen LogP contribution in [-0.4, -0.2) is 27.0 Å². The minimum absolute atomic E-state index is 0.0172. The molecule has 0 aromatic heterocycles. The topological polar surface area (TPSA) is 108 Å². The average Bonchev–Trinajstić information content (AvgIpc) is 2.65. The lowest BCUT2D eigenvalue weighted by molar-refractivity contribution is 0.0881. The molecule has 2 N–H and O–H groups in total. The summed E-state index contributed by atoms with van der Waals surface area (Å²) in [6, 6.07) is 14.4. The molecule has 1 fully saturated rings. The van der Waals surface area contributed by atoms with Crippen LogP contribution in [0.4, 0.5) is 5.69 Å². The summed E-state index contributed by atoms with van der Waals surface area (Å²) in [6.07, 6.45) is 2.16. The van der Waals surface area contributed by atoms with Gasteiger partial charge in [-0.3, -0.25) is 9.52 Å². The highest BCUT2D eigenvalue weighted by Crippen LogP contribution is 2.31. The zero-order valence-corrected chi connectivity index (χ0v) is 15.5. The molecule has 1 aliphatic rings. The van der Waals surface area contributed by atoms with Crippen molar-refractivity contribution in [2.24, 2.45) is 0 Å². The Morgan fingerprint density at radius 3 is 2.37 bits per heavy atom. The molecule has 0 atom stereocenters. The lowest BCUT2D eigenvalue weighted by Gasteiger charge is -2.35. The second-order valence-electron chi connectivity index (χ2n) is 6.33. The summed E-state index contributed by atoms with van der Waals surface area (Å²) in [7, 11) is -2.38. The summed E-state index contributed by atoms with van der Waals surface area (Å²) in [6.45, 7) is 0. The monoisotopic (exact) mass is 385 g/mol. The third kappa shape index (κ3) is 3.88. The van der Waals surface area contributed by atoms with E-state index >= 15 is 0 Å². The zero-order valence-electron chi connectivity index (χ0n) is 14.7. The number of hydrogen-bond acceptors (Lipinski definition) is 5. The van der Waals surface area contributed by atoms with Crippen molar-refractivity contribution in [1.82, 2.24) is 5.32 Å². The van der Waals surface area contributed by atoms with E-state index in [1.54, 1.807) is 24.3 Å². The average molecular weight is 385 g/mol. The highest BCUT2D eigenvalue weighted by atomic mass is 32.2. The van der Waals surface area contributed by atoms with Crippen molar-refractivity contribution in [3.05, 3.63) is 54.1 Å². The SMILES string of the molecule is COc1ccccc1NS(=O)(=O)c1ccc(C(=O)NC2(C#N)CCC2)cc1. The summed E-state index contributed by atoms with van der Waals surface area (Å²) < 4.78 is 32.8. The Kier molecular flexibility index (Phi) is 5.06. The molecule has 140 valence electrons. The molecular weight excluding hydrogens is 366 g/mol. The minimum atomic E-state index is -3.84. The van der Waals surface area contributed by atoms with Gasteiger partial charge >= 0.3 is 0 Å². The summed E-state index contributed by atoms with van der Waals surface area (Å²) in [5.41, 5.74) is -0.178. The molecule has 3 rings (SSSR count). The van der Waals surface area contributed by atoms with Crippen molar-refractivity contribution in [3.8, 4) is 11.8 Å². The molecule has 27 heavy (non-hydrogen) atoms. The number of sulfonamides is 1. The molecule has 1 amide bonds. The Labute approximate surface area is 158 Å². The van der Waals surface area contributed by atoms with Gasteiger partial charge in [0.15, 0.2) is 0 Å². The van der Waals surface area contributed by atoms with Gasteiger partial charge in [-0.05, 0) is 55.7 Å². The van der Waals surface area contributed by atoms with Crippen LogP contribution in [0.2, 0.25) is 0 Å². The van der Waals surface area contributed by atoms with E-state index in [9.17, 15) is 18.5 Å².